The summed E-state index contributed by atoms with van der Waals surface area (Å²) in [6.07, 6.45) is 2.17. The van der Waals surface area contributed by atoms with Crippen molar-refractivity contribution >= 4 is 29.1 Å². The molecule has 0 spiro atoms. The first-order valence-corrected chi connectivity index (χ1v) is 7.13. The first kappa shape index (κ1) is 12.6. The Hall–Kier alpha value is -1.46. The molecule has 0 saturated heterocycles. The highest BCUT2D eigenvalue weighted by Gasteiger charge is 2.32. The number of hydrogen-bond donors (Lipinski definition) is 0. The molecule has 0 atom stereocenters. The molecule has 0 bridgehead atoms. The van der Waals surface area contributed by atoms with Crippen LogP contribution in [0.5, 0.6) is 0 Å². The van der Waals surface area contributed by atoms with E-state index in [1.165, 1.54) is 0 Å². The van der Waals surface area contributed by atoms with Crippen LogP contribution < -0.4 is 0 Å². The van der Waals surface area contributed by atoms with Crippen molar-refractivity contribution in [1.29, 1.82) is 0 Å². The molecular weight excluding hydrogens is 284 g/mol. The average Bonchev–Trinajstić information content (AvgIpc) is 3.15. The molecule has 0 aliphatic heterocycles. The molecule has 0 amide bonds. The van der Waals surface area contributed by atoms with Gasteiger partial charge in [0.1, 0.15) is 6.61 Å². The van der Waals surface area contributed by atoms with Crippen LogP contribution in [0.2, 0.25) is 5.02 Å². The van der Waals surface area contributed by atoms with E-state index >= 15 is 0 Å². The summed E-state index contributed by atoms with van der Waals surface area (Å²) in [4.78, 5) is 12.5. The minimum Gasteiger partial charge on any atom is -0.457 e. The van der Waals surface area contributed by atoms with Gasteiger partial charge in [-0.05, 0) is 42.1 Å². The van der Waals surface area contributed by atoms with E-state index in [1.807, 2.05) is 12.1 Å². The van der Waals surface area contributed by atoms with Crippen LogP contribution in [0.15, 0.2) is 24.3 Å². The van der Waals surface area contributed by atoms with E-state index in [0.717, 1.165) is 35.6 Å². The lowest BCUT2D eigenvalue weighted by Gasteiger charge is -2.04. The van der Waals surface area contributed by atoms with Crippen molar-refractivity contribution in [1.82, 2.24) is 9.59 Å². The number of nitrogens with zero attached hydrogens (tertiary/aromatic N) is 2. The Balaban J connectivity index is 1.64. The van der Waals surface area contributed by atoms with E-state index in [0.29, 0.717) is 15.8 Å². The summed E-state index contributed by atoms with van der Waals surface area (Å²) in [6.45, 7) is 0.234. The molecule has 4 nitrogen and oxygen atoms in total. The summed E-state index contributed by atoms with van der Waals surface area (Å²) in [6, 6.07) is 7.22. The number of esters is 1. The maximum atomic E-state index is 12.0. The van der Waals surface area contributed by atoms with Gasteiger partial charge in [0.05, 0.1) is 5.69 Å². The zero-order chi connectivity index (χ0) is 13.2. The van der Waals surface area contributed by atoms with Crippen molar-refractivity contribution in [2.75, 3.05) is 0 Å². The van der Waals surface area contributed by atoms with Gasteiger partial charge in [0.25, 0.3) is 0 Å². The average molecular weight is 295 g/mol. The van der Waals surface area contributed by atoms with Crippen LogP contribution >= 0.6 is 23.1 Å². The zero-order valence-corrected chi connectivity index (χ0v) is 11.6. The Bertz CT molecular complexity index is 593. The largest absolute Gasteiger partial charge is 0.457 e. The topological polar surface area (TPSA) is 52.1 Å². The molecule has 0 N–H and O–H groups in total. The molecule has 1 aliphatic carbocycles. The first-order valence-electron chi connectivity index (χ1n) is 5.98. The number of hydrogen-bond acceptors (Lipinski definition) is 5. The van der Waals surface area contributed by atoms with Gasteiger partial charge in [-0.3, -0.25) is 0 Å². The Morgan fingerprint density at radius 3 is 2.79 bits per heavy atom. The van der Waals surface area contributed by atoms with Gasteiger partial charge >= 0.3 is 5.97 Å². The van der Waals surface area contributed by atoms with Crippen LogP contribution in [0, 0.1) is 0 Å². The van der Waals surface area contributed by atoms with Crippen molar-refractivity contribution in [3.8, 4) is 0 Å². The van der Waals surface area contributed by atoms with Gasteiger partial charge in [0.15, 0.2) is 4.88 Å². The van der Waals surface area contributed by atoms with Gasteiger partial charge < -0.3 is 4.74 Å². The highest BCUT2D eigenvalue weighted by molar-refractivity contribution is 7.07. The van der Waals surface area contributed by atoms with E-state index in [4.69, 9.17) is 16.3 Å². The van der Waals surface area contributed by atoms with Gasteiger partial charge in [-0.25, -0.2) is 4.79 Å². The molecule has 1 heterocycles. The molecule has 19 heavy (non-hydrogen) atoms. The Morgan fingerprint density at radius 2 is 2.11 bits per heavy atom. The second-order valence-electron chi connectivity index (χ2n) is 4.46. The standard InChI is InChI=1S/C13H11ClN2O2S/c14-10-5-1-8(2-6-10)7-18-13(17)12-11(9-3-4-9)15-16-19-12/h1-2,5-6,9H,3-4,7H2. The molecule has 98 valence electrons. The minimum atomic E-state index is -0.341. The normalized spacial score (nSPS) is 14.4. The molecule has 2 aromatic rings. The molecule has 0 unspecified atom stereocenters. The van der Waals surface area contributed by atoms with E-state index in [2.05, 4.69) is 9.59 Å². The summed E-state index contributed by atoms with van der Waals surface area (Å²) in [5.74, 6) is 0.0590. The third-order valence-electron chi connectivity index (χ3n) is 2.95. The van der Waals surface area contributed by atoms with Crippen LogP contribution in [0.3, 0.4) is 0 Å². The molecule has 1 aromatic carbocycles. The molecule has 1 saturated carbocycles. The molecule has 1 fully saturated rings. The van der Waals surface area contributed by atoms with Crippen molar-refractivity contribution < 1.29 is 9.53 Å². The third-order valence-corrected chi connectivity index (χ3v) is 3.92. The molecule has 0 radical (unpaired) electrons. The highest BCUT2D eigenvalue weighted by atomic mass is 35.5. The summed E-state index contributed by atoms with van der Waals surface area (Å²) in [5, 5.41) is 4.68. The van der Waals surface area contributed by atoms with Crippen molar-refractivity contribution in [2.45, 2.75) is 25.4 Å². The van der Waals surface area contributed by atoms with Gasteiger partial charge in [-0.1, -0.05) is 28.2 Å². The van der Waals surface area contributed by atoms with Crippen LogP contribution in [-0.2, 0) is 11.3 Å². The fraction of sp³-hybridized carbons (Fsp3) is 0.308. The molecule has 6 heteroatoms. The molecule has 1 aromatic heterocycles. The van der Waals surface area contributed by atoms with Crippen LogP contribution in [0.25, 0.3) is 0 Å². The number of rotatable bonds is 4. The van der Waals surface area contributed by atoms with Gasteiger partial charge in [-0.15, -0.1) is 5.10 Å². The van der Waals surface area contributed by atoms with Crippen LogP contribution in [0.4, 0.5) is 0 Å². The third kappa shape index (κ3) is 2.93. The van der Waals surface area contributed by atoms with Crippen LogP contribution in [0.1, 0.15) is 39.7 Å². The predicted molar refractivity (Wildman–Crippen MR) is 72.5 cm³/mol. The Morgan fingerprint density at radius 1 is 1.37 bits per heavy atom. The van der Waals surface area contributed by atoms with Crippen molar-refractivity contribution in [3.05, 3.63) is 45.4 Å². The number of carbonyl (C=O) groups excluding carboxylic acids is 1. The smallest absolute Gasteiger partial charge is 0.352 e. The second kappa shape index (κ2) is 5.27. The summed E-state index contributed by atoms with van der Waals surface area (Å²) < 4.78 is 9.12. The lowest BCUT2D eigenvalue weighted by Crippen LogP contribution is -2.05. The molecule has 3 rings (SSSR count). The summed E-state index contributed by atoms with van der Waals surface area (Å²) in [7, 11) is 0. The van der Waals surface area contributed by atoms with E-state index in [1.54, 1.807) is 12.1 Å². The highest BCUT2D eigenvalue weighted by Crippen LogP contribution is 2.41. The predicted octanol–water partition coefficient (Wildman–Crippen LogP) is 3.43. The van der Waals surface area contributed by atoms with Crippen molar-refractivity contribution in [2.24, 2.45) is 0 Å². The Labute approximate surface area is 119 Å². The fourth-order valence-corrected chi connectivity index (χ4v) is 2.53. The van der Waals surface area contributed by atoms with Crippen LogP contribution in [-0.4, -0.2) is 15.6 Å². The maximum Gasteiger partial charge on any atom is 0.352 e. The second-order valence-corrected chi connectivity index (χ2v) is 5.65. The van der Waals surface area contributed by atoms with E-state index in [-0.39, 0.29) is 12.6 Å². The number of benzene rings is 1. The monoisotopic (exact) mass is 294 g/mol. The molecular formula is C13H11ClN2O2S. The first-order chi connectivity index (χ1) is 9.24. The van der Waals surface area contributed by atoms with Gasteiger partial charge in [-0.2, -0.15) is 0 Å². The van der Waals surface area contributed by atoms with E-state index in [9.17, 15) is 4.79 Å². The number of halogens is 1. The lowest BCUT2D eigenvalue weighted by molar-refractivity contribution is 0.0477. The maximum absolute atomic E-state index is 12.0. The quantitative estimate of drug-likeness (QED) is 0.811. The van der Waals surface area contributed by atoms with Gasteiger partial charge in [0, 0.05) is 10.9 Å². The summed E-state index contributed by atoms with van der Waals surface area (Å²) in [5.41, 5.74) is 1.70. The Kier molecular flexibility index (Phi) is 3.48. The minimum absolute atomic E-state index is 0.234. The van der Waals surface area contributed by atoms with Crippen molar-refractivity contribution in [3.63, 3.8) is 0 Å². The number of carbonyl (C=O) groups is 1. The SMILES string of the molecule is O=C(OCc1ccc(Cl)cc1)c1snnc1C1CC1. The van der Waals surface area contributed by atoms with Gasteiger partial charge in [0.2, 0.25) is 0 Å². The molecule has 1 aliphatic rings. The number of aromatic nitrogens is 2. The lowest BCUT2D eigenvalue weighted by atomic mass is 10.2. The fourth-order valence-electron chi connectivity index (χ4n) is 1.76. The number of ether oxygens (including phenoxy) is 1. The summed E-state index contributed by atoms with van der Waals surface area (Å²) >= 11 is 6.90. The van der Waals surface area contributed by atoms with E-state index < -0.39 is 0 Å². The zero-order valence-electron chi connectivity index (χ0n) is 10.0.